The number of aryl methyl sites for hydroxylation is 2. The van der Waals surface area contributed by atoms with Crippen molar-refractivity contribution in [3.63, 3.8) is 0 Å². The molecular formula is C17H21N3O6S. The van der Waals surface area contributed by atoms with Crippen LogP contribution in [-0.4, -0.2) is 55.0 Å². The van der Waals surface area contributed by atoms with Gasteiger partial charge in [0.15, 0.2) is 6.61 Å². The number of sulfonamides is 1. The van der Waals surface area contributed by atoms with Gasteiger partial charge in [-0.15, -0.1) is 0 Å². The van der Waals surface area contributed by atoms with Gasteiger partial charge in [0.05, 0.1) is 0 Å². The smallest absolute Gasteiger partial charge is 0.341 e. The number of nitrogens with one attached hydrogen (secondary N) is 1. The van der Waals surface area contributed by atoms with Gasteiger partial charge in [-0.05, 0) is 36.8 Å². The molecule has 0 bridgehead atoms. The van der Waals surface area contributed by atoms with Crippen LogP contribution in [-0.2, 0) is 21.9 Å². The van der Waals surface area contributed by atoms with E-state index in [1.54, 1.807) is 32.2 Å². The minimum Gasteiger partial charge on any atom is -0.482 e. The number of ether oxygens (including phenoxy) is 1. The number of rotatable bonds is 7. The zero-order chi connectivity index (χ0) is 20.4. The molecule has 2 N–H and O–H groups in total. The molecule has 0 saturated heterocycles. The monoisotopic (exact) mass is 395 g/mol. The summed E-state index contributed by atoms with van der Waals surface area (Å²) in [5, 5.41) is 11.3. The molecule has 9 nitrogen and oxygen atoms in total. The quantitative estimate of drug-likeness (QED) is 0.730. The molecule has 0 atom stereocenters. The number of aromatic nitrogens is 1. The lowest BCUT2D eigenvalue weighted by atomic mass is 10.2. The Morgan fingerprint density at radius 2 is 1.93 bits per heavy atom. The molecule has 10 heteroatoms. The Kier molecular flexibility index (Phi) is 5.91. The summed E-state index contributed by atoms with van der Waals surface area (Å²) in [7, 11) is 0.771. The van der Waals surface area contributed by atoms with Crippen molar-refractivity contribution >= 4 is 27.6 Å². The summed E-state index contributed by atoms with van der Waals surface area (Å²) in [4.78, 5) is 23.1. The predicted molar refractivity (Wildman–Crippen MR) is 98.5 cm³/mol. The second kappa shape index (κ2) is 7.80. The summed E-state index contributed by atoms with van der Waals surface area (Å²) in [6.07, 6.45) is 1.37. The van der Waals surface area contributed by atoms with E-state index in [-0.39, 0.29) is 10.6 Å². The average Bonchev–Trinajstić information content (AvgIpc) is 2.97. The number of carboxylic acid groups (broad SMARTS) is 1. The van der Waals surface area contributed by atoms with Crippen molar-refractivity contribution in [1.29, 1.82) is 0 Å². The normalized spacial score (nSPS) is 11.4. The molecule has 0 fully saturated rings. The number of benzene rings is 1. The van der Waals surface area contributed by atoms with Gasteiger partial charge in [-0.1, -0.05) is 0 Å². The zero-order valence-electron chi connectivity index (χ0n) is 15.4. The Labute approximate surface area is 157 Å². The van der Waals surface area contributed by atoms with Crippen LogP contribution in [0.5, 0.6) is 5.75 Å². The predicted octanol–water partition coefficient (Wildman–Crippen LogP) is 1.30. The van der Waals surface area contributed by atoms with Crippen LogP contribution in [0.3, 0.4) is 0 Å². The van der Waals surface area contributed by atoms with Crippen LogP contribution in [0.2, 0.25) is 0 Å². The largest absolute Gasteiger partial charge is 0.482 e. The molecule has 1 aromatic heterocycles. The van der Waals surface area contributed by atoms with Crippen molar-refractivity contribution in [2.75, 3.05) is 26.0 Å². The lowest BCUT2D eigenvalue weighted by Gasteiger charge is -2.11. The molecule has 0 aliphatic heterocycles. The number of anilines is 1. The Hall–Kier alpha value is -2.85. The summed E-state index contributed by atoms with van der Waals surface area (Å²) >= 11 is 0. The maximum atomic E-state index is 12.5. The van der Waals surface area contributed by atoms with E-state index in [1.165, 1.54) is 30.9 Å². The van der Waals surface area contributed by atoms with Crippen LogP contribution in [0.4, 0.5) is 5.69 Å². The van der Waals surface area contributed by atoms with Gasteiger partial charge in [0.25, 0.3) is 5.91 Å². The highest BCUT2D eigenvalue weighted by atomic mass is 32.2. The topological polar surface area (TPSA) is 118 Å². The highest BCUT2D eigenvalue weighted by molar-refractivity contribution is 7.89. The van der Waals surface area contributed by atoms with Crippen molar-refractivity contribution in [3.05, 3.63) is 41.7 Å². The maximum Gasteiger partial charge on any atom is 0.341 e. The molecule has 27 heavy (non-hydrogen) atoms. The number of hydrogen-bond donors (Lipinski definition) is 2. The third kappa shape index (κ3) is 4.66. The molecule has 1 amide bonds. The van der Waals surface area contributed by atoms with Crippen molar-refractivity contribution in [2.24, 2.45) is 7.05 Å². The molecule has 0 saturated carbocycles. The van der Waals surface area contributed by atoms with Crippen molar-refractivity contribution in [2.45, 2.75) is 11.8 Å². The minimum absolute atomic E-state index is 0.0225. The fourth-order valence-corrected chi connectivity index (χ4v) is 3.28. The molecule has 2 aromatic rings. The van der Waals surface area contributed by atoms with Crippen LogP contribution in [0, 0.1) is 6.92 Å². The van der Waals surface area contributed by atoms with Gasteiger partial charge in [0.2, 0.25) is 10.0 Å². The number of hydrogen-bond acceptors (Lipinski definition) is 5. The van der Waals surface area contributed by atoms with E-state index >= 15 is 0 Å². The first-order chi connectivity index (χ1) is 12.5. The zero-order valence-corrected chi connectivity index (χ0v) is 16.2. The van der Waals surface area contributed by atoms with Gasteiger partial charge in [0, 0.05) is 33.0 Å². The van der Waals surface area contributed by atoms with E-state index in [4.69, 9.17) is 9.84 Å². The molecule has 146 valence electrons. The van der Waals surface area contributed by atoms with E-state index in [0.717, 1.165) is 4.31 Å². The third-order valence-electron chi connectivity index (χ3n) is 3.80. The number of carbonyl (C=O) groups excluding carboxylic acids is 1. The van der Waals surface area contributed by atoms with Gasteiger partial charge in [-0.25, -0.2) is 17.5 Å². The lowest BCUT2D eigenvalue weighted by molar-refractivity contribution is -0.139. The van der Waals surface area contributed by atoms with Crippen LogP contribution in [0.15, 0.2) is 35.4 Å². The molecule has 2 rings (SSSR count). The first-order valence-electron chi connectivity index (χ1n) is 7.88. The molecule has 1 aromatic carbocycles. The van der Waals surface area contributed by atoms with Crippen molar-refractivity contribution in [1.82, 2.24) is 8.87 Å². The Bertz CT molecular complexity index is 979. The Balaban J connectivity index is 2.21. The number of carbonyl (C=O) groups is 2. The molecule has 0 radical (unpaired) electrons. The fourth-order valence-electron chi connectivity index (χ4n) is 2.31. The van der Waals surface area contributed by atoms with Crippen LogP contribution in [0.25, 0.3) is 0 Å². The van der Waals surface area contributed by atoms with Crippen molar-refractivity contribution in [3.8, 4) is 5.75 Å². The molecule has 0 spiro atoms. The summed E-state index contributed by atoms with van der Waals surface area (Å²) in [5.74, 6) is -1.19. The Morgan fingerprint density at radius 1 is 1.26 bits per heavy atom. The number of nitrogens with zero attached hydrogens (tertiary/aromatic N) is 2. The molecule has 0 aliphatic carbocycles. The van der Waals surface area contributed by atoms with E-state index in [1.807, 2.05) is 0 Å². The number of aliphatic carboxylic acids is 1. The van der Waals surface area contributed by atoms with Crippen LogP contribution < -0.4 is 10.1 Å². The Morgan fingerprint density at radius 3 is 2.48 bits per heavy atom. The highest BCUT2D eigenvalue weighted by Gasteiger charge is 2.22. The van der Waals surface area contributed by atoms with E-state index in [0.29, 0.717) is 17.0 Å². The second-order valence-corrected chi connectivity index (χ2v) is 8.22. The number of amides is 1. The molecular weight excluding hydrogens is 374 g/mol. The first kappa shape index (κ1) is 20.5. The van der Waals surface area contributed by atoms with Gasteiger partial charge < -0.3 is 19.7 Å². The molecule has 1 heterocycles. The van der Waals surface area contributed by atoms with Crippen LogP contribution >= 0.6 is 0 Å². The third-order valence-corrected chi connectivity index (χ3v) is 5.58. The number of carboxylic acids is 1. The summed E-state index contributed by atoms with van der Waals surface area (Å²) < 4.78 is 32.0. The lowest BCUT2D eigenvalue weighted by Crippen LogP contribution is -2.21. The van der Waals surface area contributed by atoms with Gasteiger partial charge >= 0.3 is 5.97 Å². The fraction of sp³-hybridized carbons (Fsp3) is 0.294. The SMILES string of the molecule is Cc1cc(OCC(=O)O)ccc1NC(=O)c1cc(S(=O)(=O)N(C)C)cn1C. The van der Waals surface area contributed by atoms with Gasteiger partial charge in [-0.2, -0.15) is 0 Å². The summed E-state index contributed by atoms with van der Waals surface area (Å²) in [5.41, 5.74) is 1.35. The minimum atomic E-state index is -3.64. The highest BCUT2D eigenvalue weighted by Crippen LogP contribution is 2.23. The van der Waals surface area contributed by atoms with Gasteiger partial charge in [0.1, 0.15) is 16.3 Å². The molecule has 0 unspecified atom stereocenters. The summed E-state index contributed by atoms with van der Waals surface area (Å²) in [6, 6.07) is 6.04. The van der Waals surface area contributed by atoms with Crippen molar-refractivity contribution < 1.29 is 27.9 Å². The van der Waals surface area contributed by atoms with E-state index in [9.17, 15) is 18.0 Å². The summed E-state index contributed by atoms with van der Waals surface area (Å²) in [6.45, 7) is 1.27. The maximum absolute atomic E-state index is 12.5. The standard InChI is InChI=1S/C17H21N3O6S/c1-11-7-12(26-10-16(21)22)5-6-14(11)18-17(23)15-8-13(9-20(15)4)27(24,25)19(2)3/h5-9H,10H2,1-4H3,(H,18,23)(H,21,22). The second-order valence-electron chi connectivity index (χ2n) is 6.07. The van der Waals surface area contributed by atoms with E-state index < -0.39 is 28.5 Å². The van der Waals surface area contributed by atoms with Crippen LogP contribution in [0.1, 0.15) is 16.1 Å². The van der Waals surface area contributed by atoms with Gasteiger partial charge in [-0.3, -0.25) is 4.79 Å². The first-order valence-corrected chi connectivity index (χ1v) is 9.32. The molecule has 0 aliphatic rings. The van der Waals surface area contributed by atoms with E-state index in [2.05, 4.69) is 5.32 Å². The average molecular weight is 395 g/mol.